The Hall–Kier alpha value is -0.870. The molecule has 0 aromatic heterocycles. The molecule has 3 nitrogen and oxygen atoms in total. The molecular weight excluding hydrogens is 316 g/mol. The number of carbonyl (C=O) groups is 1. The molecule has 1 aromatic carbocycles. The van der Waals surface area contributed by atoms with Gasteiger partial charge in [0, 0.05) is 16.1 Å². The Labute approximate surface area is 129 Å². The third kappa shape index (κ3) is 4.32. The minimum absolute atomic E-state index is 0.0146. The first-order valence-corrected chi connectivity index (χ1v) is 8.22. The minimum Gasteiger partial charge on any atom is -0.348 e. The summed E-state index contributed by atoms with van der Waals surface area (Å²) in [5, 5.41) is 3.19. The molecule has 1 aliphatic rings. The van der Waals surface area contributed by atoms with Crippen LogP contribution in [-0.2, 0) is 11.3 Å². The van der Waals surface area contributed by atoms with E-state index in [0.717, 1.165) is 23.9 Å². The highest BCUT2D eigenvalue weighted by molar-refractivity contribution is 9.10. The number of rotatable bonds is 5. The maximum Gasteiger partial charge on any atom is 0.278 e. The smallest absolute Gasteiger partial charge is 0.278 e. The zero-order valence-corrected chi connectivity index (χ0v) is 13.9. The highest BCUT2D eigenvalue weighted by Crippen LogP contribution is 2.17. The summed E-state index contributed by atoms with van der Waals surface area (Å²) in [4.78, 5) is 13.5. The Morgan fingerprint density at radius 3 is 2.55 bits per heavy atom. The second-order valence-corrected chi connectivity index (χ2v) is 6.78. The maximum atomic E-state index is 12.2. The number of hydrogen-bond acceptors (Lipinski definition) is 1. The maximum absolute atomic E-state index is 12.2. The summed E-state index contributed by atoms with van der Waals surface area (Å²) in [6.45, 7) is 2.88. The van der Waals surface area contributed by atoms with E-state index in [1.165, 1.54) is 23.3 Å². The van der Waals surface area contributed by atoms with Crippen molar-refractivity contribution < 1.29 is 9.69 Å². The quantitative estimate of drug-likeness (QED) is 0.844. The molecule has 1 fully saturated rings. The Kier molecular flexibility index (Phi) is 5.61. The number of halogens is 1. The van der Waals surface area contributed by atoms with Crippen LogP contribution in [0.3, 0.4) is 0 Å². The molecule has 1 saturated carbocycles. The van der Waals surface area contributed by atoms with Gasteiger partial charge in [-0.1, -0.05) is 40.9 Å². The number of carbonyl (C=O) groups excluding carboxylic acids is 1. The number of hydrogen-bond donors (Lipinski definition) is 2. The summed E-state index contributed by atoms with van der Waals surface area (Å²) in [7, 11) is 2.08. The zero-order valence-electron chi connectivity index (χ0n) is 12.3. The molecule has 1 amide bonds. The van der Waals surface area contributed by atoms with Gasteiger partial charge in [0.25, 0.3) is 5.91 Å². The van der Waals surface area contributed by atoms with Gasteiger partial charge in [-0.3, -0.25) is 4.79 Å². The molecular formula is C16H24BrN2O+. The Morgan fingerprint density at radius 2 is 1.95 bits per heavy atom. The second-order valence-electron chi connectivity index (χ2n) is 5.86. The van der Waals surface area contributed by atoms with Crippen LogP contribution in [-0.4, -0.2) is 25.0 Å². The summed E-state index contributed by atoms with van der Waals surface area (Å²) < 4.78 is 1.09. The van der Waals surface area contributed by atoms with Gasteiger partial charge >= 0.3 is 0 Å². The highest BCUT2D eigenvalue weighted by Gasteiger charge is 2.25. The van der Waals surface area contributed by atoms with Crippen LogP contribution in [0, 0.1) is 0 Å². The number of likely N-dealkylation sites (N-methyl/N-ethyl adjacent to an activating group) is 1. The average Bonchev–Trinajstić information content (AvgIpc) is 2.93. The largest absolute Gasteiger partial charge is 0.348 e. The Morgan fingerprint density at radius 1 is 1.35 bits per heavy atom. The van der Waals surface area contributed by atoms with Gasteiger partial charge in [0.05, 0.1) is 7.05 Å². The van der Waals surface area contributed by atoms with E-state index < -0.39 is 0 Å². The van der Waals surface area contributed by atoms with Crippen LogP contribution in [0.1, 0.15) is 38.2 Å². The lowest BCUT2D eigenvalue weighted by Gasteiger charge is -2.23. The first-order chi connectivity index (χ1) is 9.56. The number of amides is 1. The van der Waals surface area contributed by atoms with Gasteiger partial charge in [-0.2, -0.15) is 0 Å². The lowest BCUT2D eigenvalue weighted by molar-refractivity contribution is -0.908. The minimum atomic E-state index is -0.0146. The molecule has 1 aliphatic carbocycles. The predicted octanol–water partition coefficient (Wildman–Crippen LogP) is 1.91. The molecule has 20 heavy (non-hydrogen) atoms. The van der Waals surface area contributed by atoms with Crippen molar-refractivity contribution in [3.05, 3.63) is 34.3 Å². The molecule has 4 heteroatoms. The van der Waals surface area contributed by atoms with Gasteiger partial charge in [0.2, 0.25) is 0 Å². The molecule has 0 aliphatic heterocycles. The van der Waals surface area contributed by atoms with Gasteiger partial charge < -0.3 is 10.2 Å². The van der Waals surface area contributed by atoms with Crippen molar-refractivity contribution >= 4 is 21.8 Å². The third-order valence-corrected chi connectivity index (χ3v) is 4.76. The van der Waals surface area contributed by atoms with Gasteiger partial charge in [-0.15, -0.1) is 0 Å². The molecule has 2 atom stereocenters. The molecule has 1 unspecified atom stereocenters. The Balaban J connectivity index is 1.85. The molecule has 2 N–H and O–H groups in total. The second kappa shape index (κ2) is 7.23. The van der Waals surface area contributed by atoms with Crippen LogP contribution < -0.4 is 10.2 Å². The van der Waals surface area contributed by atoms with Crippen molar-refractivity contribution in [3.63, 3.8) is 0 Å². The van der Waals surface area contributed by atoms with Crippen molar-refractivity contribution in [1.29, 1.82) is 0 Å². The van der Waals surface area contributed by atoms with Crippen LogP contribution in [0.15, 0.2) is 28.7 Å². The molecule has 0 bridgehead atoms. The van der Waals surface area contributed by atoms with E-state index in [1.807, 2.05) is 19.1 Å². The lowest BCUT2D eigenvalue weighted by Crippen LogP contribution is -3.12. The number of nitrogens with one attached hydrogen (secondary N) is 2. The summed E-state index contributed by atoms with van der Waals surface area (Å²) in [6, 6.07) is 8.70. The average molecular weight is 340 g/mol. The van der Waals surface area contributed by atoms with Crippen LogP contribution in [0.5, 0.6) is 0 Å². The standard InChI is InChI=1S/C16H23BrN2O/c1-12(16(20)18-15-5-3-4-6-15)19(2)11-13-7-9-14(17)10-8-13/h7-10,12,15H,3-6,11H2,1-2H3,(H,18,20)/p+1/t12-/m0/s1. The fourth-order valence-corrected chi connectivity index (χ4v) is 2.96. The van der Waals surface area contributed by atoms with E-state index in [0.29, 0.717) is 6.04 Å². The third-order valence-electron chi connectivity index (χ3n) is 4.23. The first-order valence-electron chi connectivity index (χ1n) is 7.43. The molecule has 110 valence electrons. The highest BCUT2D eigenvalue weighted by atomic mass is 79.9. The van der Waals surface area contributed by atoms with E-state index in [-0.39, 0.29) is 11.9 Å². The van der Waals surface area contributed by atoms with Gasteiger partial charge in [-0.25, -0.2) is 0 Å². The van der Waals surface area contributed by atoms with Crippen LogP contribution >= 0.6 is 15.9 Å². The fraction of sp³-hybridized carbons (Fsp3) is 0.562. The molecule has 0 spiro atoms. The molecule has 0 radical (unpaired) electrons. The Bertz CT molecular complexity index is 440. The van der Waals surface area contributed by atoms with E-state index in [2.05, 4.69) is 40.4 Å². The van der Waals surface area contributed by atoms with E-state index in [4.69, 9.17) is 0 Å². The van der Waals surface area contributed by atoms with Gasteiger partial charge in [0.1, 0.15) is 6.54 Å². The summed E-state index contributed by atoms with van der Waals surface area (Å²) >= 11 is 3.44. The summed E-state index contributed by atoms with van der Waals surface area (Å²) in [6.07, 6.45) is 4.79. The molecule has 2 rings (SSSR count). The van der Waals surface area contributed by atoms with Crippen LogP contribution in [0.25, 0.3) is 0 Å². The van der Waals surface area contributed by atoms with Crippen LogP contribution in [0.4, 0.5) is 0 Å². The summed E-state index contributed by atoms with van der Waals surface area (Å²) in [5.41, 5.74) is 1.26. The van der Waals surface area contributed by atoms with Crippen LogP contribution in [0.2, 0.25) is 0 Å². The van der Waals surface area contributed by atoms with Crippen molar-refractivity contribution in [3.8, 4) is 0 Å². The summed E-state index contributed by atoms with van der Waals surface area (Å²) in [5.74, 6) is 0.187. The fourth-order valence-electron chi connectivity index (χ4n) is 2.70. The first kappa shape index (κ1) is 15.5. The number of benzene rings is 1. The van der Waals surface area contributed by atoms with Gasteiger partial charge in [0.15, 0.2) is 6.04 Å². The lowest BCUT2D eigenvalue weighted by atomic mass is 10.1. The SMILES string of the molecule is C[C@@H](C(=O)NC1CCCC1)[NH+](C)Cc1ccc(Br)cc1. The van der Waals surface area contributed by atoms with E-state index >= 15 is 0 Å². The topological polar surface area (TPSA) is 33.5 Å². The van der Waals surface area contributed by atoms with Gasteiger partial charge in [-0.05, 0) is 31.9 Å². The molecule has 0 heterocycles. The van der Waals surface area contributed by atoms with Crippen molar-refractivity contribution in [2.45, 2.75) is 51.2 Å². The normalized spacial score (nSPS) is 18.8. The number of quaternary nitrogens is 1. The van der Waals surface area contributed by atoms with Crippen molar-refractivity contribution in [1.82, 2.24) is 5.32 Å². The van der Waals surface area contributed by atoms with E-state index in [1.54, 1.807) is 0 Å². The molecule has 0 saturated heterocycles. The monoisotopic (exact) mass is 339 g/mol. The van der Waals surface area contributed by atoms with Crippen molar-refractivity contribution in [2.75, 3.05) is 7.05 Å². The van der Waals surface area contributed by atoms with E-state index in [9.17, 15) is 4.79 Å². The zero-order chi connectivity index (χ0) is 14.5. The van der Waals surface area contributed by atoms with Crippen molar-refractivity contribution in [2.24, 2.45) is 0 Å². The molecule has 1 aromatic rings. The predicted molar refractivity (Wildman–Crippen MR) is 84.6 cm³/mol.